The fourth-order valence-electron chi connectivity index (χ4n) is 0.236. The van der Waals surface area contributed by atoms with E-state index in [-0.39, 0.29) is 29.2 Å². The summed E-state index contributed by atoms with van der Waals surface area (Å²) in [4.78, 5) is 0. The van der Waals surface area contributed by atoms with E-state index in [1.165, 1.54) is 0 Å². The van der Waals surface area contributed by atoms with Gasteiger partial charge in [-0.1, -0.05) is 0 Å². The van der Waals surface area contributed by atoms with Gasteiger partial charge in [0.2, 0.25) is 0 Å². The summed E-state index contributed by atoms with van der Waals surface area (Å²) in [7, 11) is 0. The Morgan fingerprint density at radius 3 is 1.23 bits per heavy atom. The quantitative estimate of drug-likeness (QED) is 0.426. The van der Waals surface area contributed by atoms with Crippen molar-refractivity contribution < 1.29 is 29.9 Å². The number of ether oxygens (including phenoxy) is 2. The number of thiocarbonyl (C=S) groups is 2. The van der Waals surface area contributed by atoms with Crippen LogP contribution >= 0.6 is 24.4 Å². The summed E-state index contributed by atoms with van der Waals surface area (Å²) in [5.74, 6) is 0. The summed E-state index contributed by atoms with van der Waals surface area (Å²) < 4.78 is 9.59. The molecule has 0 spiro atoms. The van der Waals surface area contributed by atoms with Gasteiger partial charge in [-0.15, -0.1) is 0 Å². The molecule has 7 heteroatoms. The summed E-state index contributed by atoms with van der Waals surface area (Å²) in [5.41, 5.74) is 0. The van der Waals surface area contributed by atoms with E-state index in [1.807, 2.05) is 13.8 Å². The molecule has 0 heterocycles. The number of rotatable bonds is 2. The molecule has 0 aromatic heterocycles. The summed E-state index contributed by atoms with van der Waals surface area (Å²) in [6.07, 6.45) is 0. The van der Waals surface area contributed by atoms with Crippen molar-refractivity contribution >= 4 is 58.5 Å². The average molecular weight is 349 g/mol. The van der Waals surface area contributed by atoms with Gasteiger partial charge in [0.25, 0.3) is 0 Å². The first-order valence-corrected chi connectivity index (χ1v) is 4.85. The summed E-state index contributed by atoms with van der Waals surface area (Å²) in [5, 5.41) is 0. The first-order valence-electron chi connectivity index (χ1n) is 3.22. The van der Waals surface area contributed by atoms with Crippen LogP contribution in [0.25, 0.3) is 0 Å². The van der Waals surface area contributed by atoms with Gasteiger partial charge in [-0.3, -0.25) is 0 Å². The molecule has 0 saturated heterocycles. The maximum atomic E-state index is 4.59. The molecule has 2 nitrogen and oxygen atoms in total. The molecule has 0 unspecified atom stereocenters. The molecule has 0 rings (SSSR count). The first-order chi connectivity index (χ1) is 5.54. The molecule has 0 bridgehead atoms. The molecule has 0 aromatic carbocycles. The molecule has 0 aromatic rings. The Bertz CT molecular complexity index is 127. The number of hydrogen-bond acceptors (Lipinski definition) is 6. The van der Waals surface area contributed by atoms with E-state index in [1.54, 1.807) is 0 Å². The Morgan fingerprint density at radius 1 is 1.00 bits per heavy atom. The van der Waals surface area contributed by atoms with Gasteiger partial charge in [0.1, 0.15) is 0 Å². The average Bonchev–Trinajstić information content (AvgIpc) is 1.87. The Morgan fingerprint density at radius 2 is 1.23 bits per heavy atom. The largest absolute Gasteiger partial charge is 2.00 e. The van der Waals surface area contributed by atoms with Crippen molar-refractivity contribution in [2.75, 3.05) is 13.2 Å². The normalized spacial score (nSPS) is 6.92. The van der Waals surface area contributed by atoms with E-state index >= 15 is 0 Å². The standard InChI is InChI=1S/2C3H6OS2.Pd/c2*1-2-4-3(5)6;/h2*2H2,1H3,(H,5,6);/q;;+2/p-2. The smallest absolute Gasteiger partial charge is 0.514 e. The topological polar surface area (TPSA) is 18.5 Å². The van der Waals surface area contributed by atoms with Gasteiger partial charge in [-0.25, -0.2) is 0 Å². The molecule has 0 amide bonds. The molecule has 0 N–H and O–H groups in total. The van der Waals surface area contributed by atoms with E-state index < -0.39 is 0 Å². The maximum Gasteiger partial charge on any atom is 2.00 e. The fourth-order valence-corrected chi connectivity index (χ4v) is 0.707. The predicted molar refractivity (Wildman–Crippen MR) is 63.2 cm³/mol. The molecule has 80 valence electrons. The van der Waals surface area contributed by atoms with Crippen LogP contribution in [0.4, 0.5) is 0 Å². The van der Waals surface area contributed by atoms with Crippen molar-refractivity contribution in [1.29, 1.82) is 0 Å². The molecule has 0 saturated carbocycles. The summed E-state index contributed by atoms with van der Waals surface area (Å²) >= 11 is 17.5. The van der Waals surface area contributed by atoms with Gasteiger partial charge in [0.15, 0.2) is 0 Å². The van der Waals surface area contributed by atoms with Crippen molar-refractivity contribution in [1.82, 2.24) is 0 Å². The fraction of sp³-hybridized carbons (Fsp3) is 0.667. The van der Waals surface area contributed by atoms with Gasteiger partial charge in [-0.05, 0) is 13.8 Å². The van der Waals surface area contributed by atoms with Crippen molar-refractivity contribution in [3.63, 3.8) is 0 Å². The monoisotopic (exact) mass is 348 g/mol. The van der Waals surface area contributed by atoms with E-state index in [9.17, 15) is 0 Å². The van der Waals surface area contributed by atoms with Crippen LogP contribution in [0.2, 0.25) is 0 Å². The van der Waals surface area contributed by atoms with Gasteiger partial charge in [0.05, 0.1) is 13.2 Å². The third kappa shape index (κ3) is 32.2. The van der Waals surface area contributed by atoms with E-state index in [0.29, 0.717) is 13.2 Å². The molecule has 0 aliphatic heterocycles. The van der Waals surface area contributed by atoms with Crippen molar-refractivity contribution in [3.8, 4) is 0 Å². The zero-order valence-corrected chi connectivity index (χ0v) is 12.0. The zero-order chi connectivity index (χ0) is 9.98. The molecular formula is C6H10O2PdS4. The number of hydrogen-bond donors (Lipinski definition) is 0. The second kappa shape index (κ2) is 15.4. The third-order valence-corrected chi connectivity index (χ3v) is 0.996. The van der Waals surface area contributed by atoms with Crippen molar-refractivity contribution in [2.24, 2.45) is 0 Å². The summed E-state index contributed by atoms with van der Waals surface area (Å²) in [6, 6.07) is 0. The SMILES string of the molecule is CCOC(=S)[S-].CCOC(=S)[S-].[Pd+2]. The zero-order valence-electron chi connectivity index (χ0n) is 7.18. The van der Waals surface area contributed by atoms with Crippen LogP contribution in [-0.4, -0.2) is 22.0 Å². The molecule has 0 atom stereocenters. The Hall–Kier alpha value is 0.882. The molecular weight excluding hydrogens is 339 g/mol. The van der Waals surface area contributed by atoms with Gasteiger partial charge >= 0.3 is 20.4 Å². The Labute approximate surface area is 115 Å². The van der Waals surface area contributed by atoms with Gasteiger partial charge in [-0.2, -0.15) is 0 Å². The predicted octanol–water partition coefficient (Wildman–Crippen LogP) is 1.71. The third-order valence-electron chi connectivity index (χ3n) is 0.524. The molecule has 13 heavy (non-hydrogen) atoms. The Balaban J connectivity index is -0.000000143. The van der Waals surface area contributed by atoms with Crippen LogP contribution in [0.3, 0.4) is 0 Å². The van der Waals surface area contributed by atoms with Crippen LogP contribution < -0.4 is 0 Å². The van der Waals surface area contributed by atoms with E-state index in [4.69, 9.17) is 0 Å². The minimum absolute atomic E-state index is 0. The second-order valence-corrected chi connectivity index (χ2v) is 3.37. The molecule has 0 aliphatic carbocycles. The molecule has 0 fully saturated rings. The minimum atomic E-state index is 0. The van der Waals surface area contributed by atoms with Crippen LogP contribution in [0.15, 0.2) is 0 Å². The maximum absolute atomic E-state index is 4.59. The van der Waals surface area contributed by atoms with Gasteiger partial charge < -0.3 is 59.2 Å². The Kier molecular flexibility index (Phi) is 23.0. The van der Waals surface area contributed by atoms with Gasteiger partial charge in [0, 0.05) is 8.77 Å². The first kappa shape index (κ1) is 19.5. The van der Waals surface area contributed by atoms with Crippen LogP contribution in [0.5, 0.6) is 0 Å². The van der Waals surface area contributed by atoms with Crippen LogP contribution in [0.1, 0.15) is 13.8 Å². The van der Waals surface area contributed by atoms with Crippen molar-refractivity contribution in [2.45, 2.75) is 13.8 Å². The molecule has 0 aliphatic rings. The molecule has 0 radical (unpaired) electrons. The summed E-state index contributed by atoms with van der Waals surface area (Å²) in [6.45, 7) is 4.86. The van der Waals surface area contributed by atoms with Crippen LogP contribution in [0, 0.1) is 0 Å². The van der Waals surface area contributed by atoms with E-state index in [0.717, 1.165) is 0 Å². The minimum Gasteiger partial charge on any atom is -0.514 e. The second-order valence-electron chi connectivity index (χ2n) is 1.37. The van der Waals surface area contributed by atoms with Crippen molar-refractivity contribution in [3.05, 3.63) is 0 Å². The van der Waals surface area contributed by atoms with E-state index in [2.05, 4.69) is 59.2 Å². The van der Waals surface area contributed by atoms with Crippen LogP contribution in [-0.2, 0) is 55.2 Å².